The van der Waals surface area contributed by atoms with Crippen LogP contribution in [0, 0.1) is 0 Å². The van der Waals surface area contributed by atoms with Crippen molar-refractivity contribution < 1.29 is 19.2 Å². The van der Waals surface area contributed by atoms with E-state index in [1.54, 1.807) is 0 Å². The van der Waals surface area contributed by atoms with E-state index in [0.717, 1.165) is 19.3 Å². The van der Waals surface area contributed by atoms with E-state index in [2.05, 4.69) is 15.5 Å². The molecule has 20 heavy (non-hydrogen) atoms. The number of hydrogen-bond donors (Lipinski definition) is 2. The zero-order chi connectivity index (χ0) is 14.6. The lowest BCUT2D eigenvalue weighted by molar-refractivity contribution is -0.151. The van der Waals surface area contributed by atoms with Gasteiger partial charge in [0.25, 0.3) is 0 Å². The Balaban J connectivity index is 1.81. The molecule has 2 rings (SSSR count). The summed E-state index contributed by atoms with van der Waals surface area (Å²) < 4.78 is 5.03. The number of aryl methyl sites for hydroxylation is 2. The van der Waals surface area contributed by atoms with Gasteiger partial charge in [-0.25, -0.2) is 4.79 Å². The van der Waals surface area contributed by atoms with Crippen molar-refractivity contribution >= 4 is 11.9 Å². The fraction of sp³-hybridized carbons (Fsp3) is 0.692. The molecule has 0 aromatic carbocycles. The molecule has 1 aliphatic carbocycles. The number of aromatic nitrogens is 2. The molecule has 0 aliphatic heterocycles. The third-order valence-electron chi connectivity index (χ3n) is 3.54. The maximum atomic E-state index is 11.8. The van der Waals surface area contributed by atoms with Gasteiger partial charge in [-0.2, -0.15) is 4.98 Å². The first-order valence-electron chi connectivity index (χ1n) is 6.91. The number of carbonyl (C=O) groups excluding carboxylic acids is 1. The van der Waals surface area contributed by atoms with Gasteiger partial charge in [0.05, 0.1) is 0 Å². The smallest absolute Gasteiger partial charge is 0.329 e. The quantitative estimate of drug-likeness (QED) is 0.774. The lowest BCUT2D eigenvalue weighted by Gasteiger charge is -2.38. The van der Waals surface area contributed by atoms with Crippen molar-refractivity contribution in [1.29, 1.82) is 0 Å². The van der Waals surface area contributed by atoms with E-state index in [4.69, 9.17) is 9.63 Å². The minimum Gasteiger partial charge on any atom is -0.480 e. The summed E-state index contributed by atoms with van der Waals surface area (Å²) >= 11 is 0. The highest BCUT2D eigenvalue weighted by molar-refractivity contribution is 5.87. The number of aliphatic carboxylic acids is 1. The molecule has 1 amide bonds. The van der Waals surface area contributed by atoms with Crippen LogP contribution in [0.2, 0.25) is 0 Å². The lowest BCUT2D eigenvalue weighted by Crippen LogP contribution is -2.59. The molecule has 1 aliphatic rings. The van der Waals surface area contributed by atoms with Crippen molar-refractivity contribution in [2.24, 2.45) is 0 Å². The molecule has 1 aromatic rings. The Labute approximate surface area is 116 Å². The number of nitrogens with one attached hydrogen (secondary N) is 1. The van der Waals surface area contributed by atoms with Crippen LogP contribution in [0.4, 0.5) is 0 Å². The first-order chi connectivity index (χ1) is 9.55. The molecule has 7 heteroatoms. The van der Waals surface area contributed by atoms with Crippen LogP contribution in [0.25, 0.3) is 0 Å². The summed E-state index contributed by atoms with van der Waals surface area (Å²) in [5.41, 5.74) is -1.06. The highest BCUT2D eigenvalue weighted by Crippen LogP contribution is 2.32. The highest BCUT2D eigenvalue weighted by atomic mass is 16.5. The Morgan fingerprint density at radius 2 is 2.15 bits per heavy atom. The van der Waals surface area contributed by atoms with Crippen LogP contribution >= 0.6 is 0 Å². The van der Waals surface area contributed by atoms with Gasteiger partial charge in [-0.1, -0.05) is 12.1 Å². The van der Waals surface area contributed by atoms with Gasteiger partial charge in [-0.3, -0.25) is 4.79 Å². The predicted octanol–water partition coefficient (Wildman–Crippen LogP) is 1.08. The van der Waals surface area contributed by atoms with Crippen LogP contribution in [0.15, 0.2) is 4.52 Å². The molecule has 1 fully saturated rings. The number of nitrogens with zero attached hydrogens (tertiary/aromatic N) is 2. The Morgan fingerprint density at radius 1 is 1.40 bits per heavy atom. The van der Waals surface area contributed by atoms with Crippen LogP contribution in [0.5, 0.6) is 0 Å². The van der Waals surface area contributed by atoms with Gasteiger partial charge in [-0.05, 0) is 25.7 Å². The van der Waals surface area contributed by atoms with Crippen LogP contribution in [0.1, 0.15) is 50.7 Å². The average molecular weight is 281 g/mol. The first kappa shape index (κ1) is 14.5. The standard InChI is InChI=1S/C13H19N3O4/c1-2-4-9-14-11(20-16-9)6-5-10(17)15-13(12(18)19)7-3-8-13/h2-8H2,1H3,(H,15,17)(H,18,19). The van der Waals surface area contributed by atoms with E-state index in [1.807, 2.05) is 6.92 Å². The topological polar surface area (TPSA) is 105 Å². The zero-order valence-corrected chi connectivity index (χ0v) is 11.5. The largest absolute Gasteiger partial charge is 0.480 e. The number of carbonyl (C=O) groups is 2. The third-order valence-corrected chi connectivity index (χ3v) is 3.54. The van der Waals surface area contributed by atoms with Crippen molar-refractivity contribution in [1.82, 2.24) is 15.5 Å². The normalized spacial score (nSPS) is 16.4. The Bertz CT molecular complexity index is 494. The number of carboxylic acid groups (broad SMARTS) is 1. The van der Waals surface area contributed by atoms with Gasteiger partial charge in [0.1, 0.15) is 5.54 Å². The molecule has 0 spiro atoms. The van der Waals surface area contributed by atoms with E-state index < -0.39 is 11.5 Å². The van der Waals surface area contributed by atoms with Crippen LogP contribution < -0.4 is 5.32 Å². The SMILES string of the molecule is CCCc1noc(CCC(=O)NC2(C(=O)O)CCC2)n1. The first-order valence-corrected chi connectivity index (χ1v) is 6.91. The predicted molar refractivity (Wildman–Crippen MR) is 69.0 cm³/mol. The van der Waals surface area contributed by atoms with E-state index >= 15 is 0 Å². The second kappa shape index (κ2) is 6.02. The fourth-order valence-electron chi connectivity index (χ4n) is 2.19. The molecule has 2 N–H and O–H groups in total. The molecule has 1 heterocycles. The zero-order valence-electron chi connectivity index (χ0n) is 11.5. The van der Waals surface area contributed by atoms with Crippen LogP contribution in [-0.4, -0.2) is 32.7 Å². The molecule has 0 radical (unpaired) electrons. The fourth-order valence-corrected chi connectivity index (χ4v) is 2.19. The molecule has 110 valence electrons. The van der Waals surface area contributed by atoms with Gasteiger partial charge in [0.2, 0.25) is 11.8 Å². The van der Waals surface area contributed by atoms with E-state index in [-0.39, 0.29) is 12.3 Å². The summed E-state index contributed by atoms with van der Waals surface area (Å²) in [6.45, 7) is 2.02. The Morgan fingerprint density at radius 3 is 2.70 bits per heavy atom. The molecule has 0 bridgehead atoms. The van der Waals surface area contributed by atoms with Crippen LogP contribution in [-0.2, 0) is 22.4 Å². The average Bonchev–Trinajstić information content (AvgIpc) is 2.79. The molecule has 1 aromatic heterocycles. The number of carboxylic acids is 1. The minimum atomic E-state index is -1.06. The van der Waals surface area contributed by atoms with Crippen molar-refractivity contribution in [3.63, 3.8) is 0 Å². The molecular weight excluding hydrogens is 262 g/mol. The summed E-state index contributed by atoms with van der Waals surface area (Å²) in [5.74, 6) is -0.187. The summed E-state index contributed by atoms with van der Waals surface area (Å²) in [6, 6.07) is 0. The summed E-state index contributed by atoms with van der Waals surface area (Å²) in [5, 5.41) is 15.5. The molecule has 0 saturated heterocycles. The summed E-state index contributed by atoms with van der Waals surface area (Å²) in [4.78, 5) is 27.1. The summed E-state index contributed by atoms with van der Waals surface area (Å²) in [6.07, 6.45) is 3.99. The maximum Gasteiger partial charge on any atom is 0.329 e. The number of hydrogen-bond acceptors (Lipinski definition) is 5. The molecule has 7 nitrogen and oxygen atoms in total. The molecule has 1 saturated carbocycles. The van der Waals surface area contributed by atoms with Gasteiger partial charge < -0.3 is 14.9 Å². The number of amides is 1. The summed E-state index contributed by atoms with van der Waals surface area (Å²) in [7, 11) is 0. The van der Waals surface area contributed by atoms with Gasteiger partial charge in [-0.15, -0.1) is 0 Å². The van der Waals surface area contributed by atoms with Gasteiger partial charge in [0.15, 0.2) is 5.82 Å². The highest BCUT2D eigenvalue weighted by Gasteiger charge is 2.45. The molecule has 0 atom stereocenters. The number of rotatable bonds is 7. The minimum absolute atomic E-state index is 0.156. The molecule has 0 unspecified atom stereocenters. The van der Waals surface area contributed by atoms with Crippen molar-refractivity contribution in [2.45, 2.75) is 57.4 Å². The molecular formula is C13H19N3O4. The second-order valence-electron chi connectivity index (χ2n) is 5.14. The Kier molecular flexibility index (Phi) is 4.36. The monoisotopic (exact) mass is 281 g/mol. The van der Waals surface area contributed by atoms with E-state index in [1.165, 1.54) is 0 Å². The van der Waals surface area contributed by atoms with E-state index in [0.29, 0.717) is 31.0 Å². The van der Waals surface area contributed by atoms with Crippen molar-refractivity contribution in [3.8, 4) is 0 Å². The maximum absolute atomic E-state index is 11.8. The Hall–Kier alpha value is -1.92. The van der Waals surface area contributed by atoms with Crippen molar-refractivity contribution in [2.75, 3.05) is 0 Å². The van der Waals surface area contributed by atoms with Crippen molar-refractivity contribution in [3.05, 3.63) is 11.7 Å². The third kappa shape index (κ3) is 3.15. The second-order valence-corrected chi connectivity index (χ2v) is 5.14. The lowest BCUT2D eigenvalue weighted by atomic mass is 9.76. The van der Waals surface area contributed by atoms with Crippen LogP contribution in [0.3, 0.4) is 0 Å². The van der Waals surface area contributed by atoms with Gasteiger partial charge in [0, 0.05) is 19.3 Å². The van der Waals surface area contributed by atoms with Gasteiger partial charge >= 0.3 is 5.97 Å². The van der Waals surface area contributed by atoms with E-state index in [9.17, 15) is 9.59 Å².